The summed E-state index contributed by atoms with van der Waals surface area (Å²) in [7, 11) is 1.93. The van der Waals surface area contributed by atoms with E-state index in [0.717, 1.165) is 60.9 Å². The molecule has 27 heavy (non-hydrogen) atoms. The molecule has 0 atom stereocenters. The maximum Gasteiger partial charge on any atom is 0.157 e. The molecule has 0 bridgehead atoms. The number of hydrogen-bond acceptors (Lipinski definition) is 4. The summed E-state index contributed by atoms with van der Waals surface area (Å²) in [6, 6.07) is 10.5. The summed E-state index contributed by atoms with van der Waals surface area (Å²) in [4.78, 5) is 4.58. The van der Waals surface area contributed by atoms with E-state index in [1.807, 2.05) is 37.0 Å². The molecule has 1 aliphatic heterocycles. The number of nitrogens with one attached hydrogen (secondary N) is 1. The van der Waals surface area contributed by atoms with Crippen molar-refractivity contribution in [3.63, 3.8) is 0 Å². The SMILES string of the molecule is Cc1nn(C)c2ncc(CNCC3(c4ccc(Cl)cc4)CCOCC3)cc12. The molecule has 0 aliphatic carbocycles. The smallest absolute Gasteiger partial charge is 0.157 e. The molecule has 0 amide bonds. The van der Waals surface area contributed by atoms with E-state index >= 15 is 0 Å². The topological polar surface area (TPSA) is 52.0 Å². The number of fused-ring (bicyclic) bond motifs is 1. The van der Waals surface area contributed by atoms with Gasteiger partial charge in [0.25, 0.3) is 0 Å². The van der Waals surface area contributed by atoms with Gasteiger partial charge in [0.05, 0.1) is 5.69 Å². The van der Waals surface area contributed by atoms with Crippen LogP contribution >= 0.6 is 11.6 Å². The predicted octanol–water partition coefficient (Wildman–Crippen LogP) is 3.77. The monoisotopic (exact) mass is 384 g/mol. The second-order valence-electron chi connectivity index (χ2n) is 7.43. The van der Waals surface area contributed by atoms with Gasteiger partial charge in [-0.15, -0.1) is 0 Å². The lowest BCUT2D eigenvalue weighted by Gasteiger charge is -2.38. The number of hydrogen-bond donors (Lipinski definition) is 1. The Morgan fingerprint density at radius 1 is 1.22 bits per heavy atom. The van der Waals surface area contributed by atoms with Crippen LogP contribution in [0.2, 0.25) is 5.02 Å². The fourth-order valence-electron chi connectivity index (χ4n) is 4.03. The van der Waals surface area contributed by atoms with E-state index in [9.17, 15) is 0 Å². The molecule has 3 aromatic rings. The minimum Gasteiger partial charge on any atom is -0.381 e. The van der Waals surface area contributed by atoms with Gasteiger partial charge in [-0.1, -0.05) is 23.7 Å². The summed E-state index contributed by atoms with van der Waals surface area (Å²) in [5.74, 6) is 0. The van der Waals surface area contributed by atoms with Crippen LogP contribution in [0, 0.1) is 6.92 Å². The molecule has 5 nitrogen and oxygen atoms in total. The zero-order valence-corrected chi connectivity index (χ0v) is 16.6. The van der Waals surface area contributed by atoms with Gasteiger partial charge >= 0.3 is 0 Å². The molecule has 0 unspecified atom stereocenters. The molecule has 1 aromatic carbocycles. The number of aromatic nitrogens is 3. The lowest BCUT2D eigenvalue weighted by Crippen LogP contribution is -2.42. The largest absolute Gasteiger partial charge is 0.381 e. The van der Waals surface area contributed by atoms with Crippen LogP contribution in [-0.4, -0.2) is 34.5 Å². The number of benzene rings is 1. The molecule has 1 aliphatic rings. The van der Waals surface area contributed by atoms with Crippen molar-refractivity contribution in [2.75, 3.05) is 19.8 Å². The summed E-state index contributed by atoms with van der Waals surface area (Å²) in [5.41, 5.74) is 4.54. The van der Waals surface area contributed by atoms with Gasteiger partial charge in [-0.2, -0.15) is 5.10 Å². The van der Waals surface area contributed by atoms with Gasteiger partial charge in [0.15, 0.2) is 5.65 Å². The number of nitrogens with zero attached hydrogens (tertiary/aromatic N) is 3. The summed E-state index contributed by atoms with van der Waals surface area (Å²) in [6.45, 7) is 5.31. The van der Waals surface area contributed by atoms with Crippen LogP contribution in [0.1, 0.15) is 29.7 Å². The fraction of sp³-hybridized carbons (Fsp3) is 0.429. The van der Waals surface area contributed by atoms with Crippen LogP contribution in [-0.2, 0) is 23.7 Å². The standard InChI is InChI=1S/C21H25ClN4O/c1-15-19-11-16(13-24-20(19)26(2)25-15)12-23-14-21(7-9-27-10-8-21)17-3-5-18(22)6-4-17/h3-6,11,13,23H,7-10,12,14H2,1-2H3. The molecule has 1 saturated heterocycles. The van der Waals surface area contributed by atoms with Crippen molar-refractivity contribution in [2.24, 2.45) is 7.05 Å². The highest BCUT2D eigenvalue weighted by atomic mass is 35.5. The number of ether oxygens (including phenoxy) is 1. The zero-order chi connectivity index (χ0) is 18.9. The van der Waals surface area contributed by atoms with Gasteiger partial charge in [-0.05, 0) is 49.1 Å². The highest BCUT2D eigenvalue weighted by molar-refractivity contribution is 6.30. The van der Waals surface area contributed by atoms with Gasteiger partial charge in [-0.25, -0.2) is 4.98 Å². The van der Waals surface area contributed by atoms with Crippen molar-refractivity contribution in [3.8, 4) is 0 Å². The van der Waals surface area contributed by atoms with E-state index in [2.05, 4.69) is 33.6 Å². The first-order chi connectivity index (χ1) is 13.1. The molecule has 1 N–H and O–H groups in total. The third-order valence-corrected chi connectivity index (χ3v) is 5.87. The van der Waals surface area contributed by atoms with Crippen molar-refractivity contribution in [1.29, 1.82) is 0 Å². The number of pyridine rings is 1. The van der Waals surface area contributed by atoms with Crippen LogP contribution in [0.15, 0.2) is 36.5 Å². The van der Waals surface area contributed by atoms with E-state index in [1.54, 1.807) is 0 Å². The lowest BCUT2D eigenvalue weighted by molar-refractivity contribution is 0.0498. The maximum atomic E-state index is 6.09. The fourth-order valence-corrected chi connectivity index (χ4v) is 4.15. The normalized spacial score (nSPS) is 16.7. The van der Waals surface area contributed by atoms with E-state index in [4.69, 9.17) is 16.3 Å². The average molecular weight is 385 g/mol. The summed E-state index contributed by atoms with van der Waals surface area (Å²) in [5, 5.41) is 10.0. The molecule has 2 aromatic heterocycles. The summed E-state index contributed by atoms with van der Waals surface area (Å²) in [6.07, 6.45) is 3.97. The second-order valence-corrected chi connectivity index (χ2v) is 7.86. The van der Waals surface area contributed by atoms with Crippen LogP contribution in [0.5, 0.6) is 0 Å². The molecule has 0 saturated carbocycles. The zero-order valence-electron chi connectivity index (χ0n) is 15.8. The van der Waals surface area contributed by atoms with Gasteiger partial charge in [0, 0.05) is 55.4 Å². The average Bonchev–Trinajstić information content (AvgIpc) is 2.96. The van der Waals surface area contributed by atoms with E-state index in [1.165, 1.54) is 11.1 Å². The minimum absolute atomic E-state index is 0.0879. The van der Waals surface area contributed by atoms with Crippen molar-refractivity contribution in [2.45, 2.75) is 31.7 Å². The highest BCUT2D eigenvalue weighted by Crippen LogP contribution is 2.35. The Hall–Kier alpha value is -1.95. The first-order valence-corrected chi connectivity index (χ1v) is 9.78. The number of aryl methyl sites for hydroxylation is 2. The molecular formula is C21H25ClN4O. The Kier molecular flexibility index (Phi) is 5.17. The first kappa shape index (κ1) is 18.4. The summed E-state index contributed by atoms with van der Waals surface area (Å²) < 4.78 is 7.46. The van der Waals surface area contributed by atoms with Crippen LogP contribution in [0.25, 0.3) is 11.0 Å². The number of halogens is 1. The van der Waals surface area contributed by atoms with E-state index in [0.29, 0.717) is 0 Å². The van der Waals surface area contributed by atoms with Gasteiger partial charge in [0.1, 0.15) is 0 Å². The molecule has 1 fully saturated rings. The first-order valence-electron chi connectivity index (χ1n) is 9.40. The maximum absolute atomic E-state index is 6.09. The Morgan fingerprint density at radius 2 is 1.96 bits per heavy atom. The third kappa shape index (κ3) is 3.72. The molecule has 0 spiro atoms. The third-order valence-electron chi connectivity index (χ3n) is 5.62. The lowest BCUT2D eigenvalue weighted by atomic mass is 9.74. The highest BCUT2D eigenvalue weighted by Gasteiger charge is 2.34. The quantitative estimate of drug-likeness (QED) is 0.727. The Balaban J connectivity index is 1.50. The van der Waals surface area contributed by atoms with Crippen LogP contribution < -0.4 is 5.32 Å². The molecule has 4 rings (SSSR count). The molecule has 0 radical (unpaired) electrons. The van der Waals surface area contributed by atoms with E-state index in [-0.39, 0.29) is 5.41 Å². The van der Waals surface area contributed by atoms with Crippen molar-refractivity contribution in [3.05, 3.63) is 58.4 Å². The Labute approximate surface area is 164 Å². The predicted molar refractivity (Wildman–Crippen MR) is 108 cm³/mol. The number of rotatable bonds is 5. The summed E-state index contributed by atoms with van der Waals surface area (Å²) >= 11 is 6.09. The molecule has 3 heterocycles. The minimum atomic E-state index is 0.0879. The van der Waals surface area contributed by atoms with Gasteiger partial charge in [0.2, 0.25) is 0 Å². The van der Waals surface area contributed by atoms with Crippen molar-refractivity contribution >= 4 is 22.6 Å². The van der Waals surface area contributed by atoms with Crippen LogP contribution in [0.4, 0.5) is 0 Å². The Morgan fingerprint density at radius 3 is 2.70 bits per heavy atom. The van der Waals surface area contributed by atoms with Crippen molar-refractivity contribution in [1.82, 2.24) is 20.1 Å². The molecule has 6 heteroatoms. The van der Waals surface area contributed by atoms with Gasteiger partial charge < -0.3 is 10.1 Å². The van der Waals surface area contributed by atoms with Crippen molar-refractivity contribution < 1.29 is 4.74 Å². The second kappa shape index (κ2) is 7.58. The van der Waals surface area contributed by atoms with Gasteiger partial charge in [-0.3, -0.25) is 4.68 Å². The van der Waals surface area contributed by atoms with E-state index < -0.39 is 0 Å². The molecular weight excluding hydrogens is 360 g/mol. The Bertz CT molecular complexity index is 929. The molecule has 142 valence electrons. The van der Waals surface area contributed by atoms with Crippen LogP contribution in [0.3, 0.4) is 0 Å².